The summed E-state index contributed by atoms with van der Waals surface area (Å²) in [7, 11) is 0. The number of nitrogens with zero attached hydrogens (tertiary/aromatic N) is 4. The second-order valence-electron chi connectivity index (χ2n) is 2.61. The van der Waals surface area contributed by atoms with Crippen molar-refractivity contribution in [3.8, 4) is 11.3 Å². The SMILES string of the molecule is [N-]=[N+]=Nc1ccc(-c2cscn2)cc1. The van der Waals surface area contributed by atoms with Crippen molar-refractivity contribution in [1.82, 2.24) is 4.98 Å². The predicted octanol–water partition coefficient (Wildman–Crippen LogP) is 3.75. The Bertz CT molecular complexity index is 454. The molecule has 5 heteroatoms. The van der Waals surface area contributed by atoms with E-state index < -0.39 is 0 Å². The molecule has 14 heavy (non-hydrogen) atoms. The fraction of sp³-hybridized carbons (Fsp3) is 0. The fourth-order valence-corrected chi connectivity index (χ4v) is 1.67. The van der Waals surface area contributed by atoms with Gasteiger partial charge in [0.15, 0.2) is 0 Å². The number of aromatic nitrogens is 1. The third-order valence-corrected chi connectivity index (χ3v) is 2.34. The van der Waals surface area contributed by atoms with Gasteiger partial charge in [-0.05, 0) is 5.53 Å². The molecule has 0 N–H and O–H groups in total. The van der Waals surface area contributed by atoms with Crippen LogP contribution in [0.1, 0.15) is 0 Å². The maximum Gasteiger partial charge on any atom is 0.0811 e. The Labute approximate surface area is 84.5 Å². The molecule has 0 aliphatic rings. The molecule has 2 aromatic rings. The number of hydrogen-bond acceptors (Lipinski definition) is 3. The van der Waals surface area contributed by atoms with E-state index in [9.17, 15) is 0 Å². The summed E-state index contributed by atoms with van der Waals surface area (Å²) in [5, 5.41) is 5.47. The van der Waals surface area contributed by atoms with E-state index in [0.717, 1.165) is 11.3 Å². The zero-order valence-electron chi connectivity index (χ0n) is 7.16. The summed E-state index contributed by atoms with van der Waals surface area (Å²) >= 11 is 1.56. The second-order valence-corrected chi connectivity index (χ2v) is 3.33. The van der Waals surface area contributed by atoms with Gasteiger partial charge in [-0.15, -0.1) is 11.3 Å². The zero-order chi connectivity index (χ0) is 9.80. The van der Waals surface area contributed by atoms with Crippen molar-refractivity contribution < 1.29 is 0 Å². The standard InChI is InChI=1S/C9H6N4S/c10-13-12-8-3-1-7(2-4-8)9-5-14-6-11-9/h1-6H. The summed E-state index contributed by atoms with van der Waals surface area (Å²) in [6.07, 6.45) is 0. The molecule has 0 spiro atoms. The summed E-state index contributed by atoms with van der Waals surface area (Å²) in [6, 6.07) is 7.32. The number of hydrogen-bond donors (Lipinski definition) is 0. The summed E-state index contributed by atoms with van der Waals surface area (Å²) in [5.74, 6) is 0. The Hall–Kier alpha value is -1.84. The first-order chi connectivity index (χ1) is 6.90. The highest BCUT2D eigenvalue weighted by Gasteiger charge is 1.98. The van der Waals surface area contributed by atoms with Crippen LogP contribution in [0.3, 0.4) is 0 Å². The highest BCUT2D eigenvalue weighted by molar-refractivity contribution is 7.07. The van der Waals surface area contributed by atoms with Gasteiger partial charge in [0.2, 0.25) is 0 Å². The van der Waals surface area contributed by atoms with E-state index >= 15 is 0 Å². The van der Waals surface area contributed by atoms with E-state index in [1.807, 2.05) is 17.5 Å². The van der Waals surface area contributed by atoms with Crippen LogP contribution >= 0.6 is 11.3 Å². The van der Waals surface area contributed by atoms with Crippen LogP contribution in [0, 0.1) is 0 Å². The van der Waals surface area contributed by atoms with E-state index in [1.165, 1.54) is 0 Å². The van der Waals surface area contributed by atoms with Crippen LogP contribution in [-0.2, 0) is 0 Å². The van der Waals surface area contributed by atoms with E-state index in [0.29, 0.717) is 5.69 Å². The third-order valence-electron chi connectivity index (χ3n) is 1.76. The van der Waals surface area contributed by atoms with Crippen LogP contribution in [0.4, 0.5) is 5.69 Å². The topological polar surface area (TPSA) is 61.7 Å². The lowest BCUT2D eigenvalue weighted by atomic mass is 10.1. The molecule has 1 aromatic heterocycles. The van der Waals surface area contributed by atoms with E-state index in [1.54, 1.807) is 29.0 Å². The molecule has 1 aromatic carbocycles. The Morgan fingerprint density at radius 2 is 2.07 bits per heavy atom. The minimum atomic E-state index is 0.617. The summed E-state index contributed by atoms with van der Waals surface area (Å²) in [5.41, 5.74) is 12.6. The molecule has 0 atom stereocenters. The minimum absolute atomic E-state index is 0.617. The van der Waals surface area contributed by atoms with Gasteiger partial charge >= 0.3 is 0 Å². The predicted molar refractivity (Wildman–Crippen MR) is 56.4 cm³/mol. The van der Waals surface area contributed by atoms with Crippen molar-refractivity contribution in [2.75, 3.05) is 0 Å². The molecule has 0 aliphatic carbocycles. The largest absolute Gasteiger partial charge is 0.245 e. The Morgan fingerprint density at radius 1 is 1.29 bits per heavy atom. The zero-order valence-corrected chi connectivity index (χ0v) is 7.98. The fourth-order valence-electron chi connectivity index (χ4n) is 1.11. The first kappa shape index (κ1) is 8.74. The molecule has 0 bridgehead atoms. The lowest BCUT2D eigenvalue weighted by Crippen LogP contribution is -1.74. The Balaban J connectivity index is 2.35. The number of thiazole rings is 1. The van der Waals surface area contributed by atoms with Crippen LogP contribution in [-0.4, -0.2) is 4.98 Å². The van der Waals surface area contributed by atoms with Gasteiger partial charge in [-0.2, -0.15) is 0 Å². The van der Waals surface area contributed by atoms with Gasteiger partial charge in [0.1, 0.15) is 0 Å². The molecular weight excluding hydrogens is 196 g/mol. The smallest absolute Gasteiger partial charge is 0.0811 e. The van der Waals surface area contributed by atoms with Gasteiger partial charge in [-0.25, -0.2) is 4.98 Å². The number of azide groups is 1. The molecule has 0 radical (unpaired) electrons. The lowest BCUT2D eigenvalue weighted by molar-refractivity contribution is 1.40. The lowest BCUT2D eigenvalue weighted by Gasteiger charge is -1.95. The van der Waals surface area contributed by atoms with Crippen LogP contribution in [0.5, 0.6) is 0 Å². The van der Waals surface area contributed by atoms with Crippen molar-refractivity contribution in [2.24, 2.45) is 5.11 Å². The molecule has 1 heterocycles. The van der Waals surface area contributed by atoms with Gasteiger partial charge in [0.25, 0.3) is 0 Å². The first-order valence-electron chi connectivity index (χ1n) is 3.94. The minimum Gasteiger partial charge on any atom is -0.245 e. The first-order valence-corrected chi connectivity index (χ1v) is 4.88. The van der Waals surface area contributed by atoms with Crippen LogP contribution in [0.15, 0.2) is 40.3 Å². The molecule has 0 fully saturated rings. The highest BCUT2D eigenvalue weighted by atomic mass is 32.1. The monoisotopic (exact) mass is 202 g/mol. The molecular formula is C9H6N4S. The molecule has 4 nitrogen and oxygen atoms in total. The molecule has 0 saturated heterocycles. The van der Waals surface area contributed by atoms with E-state index in [2.05, 4.69) is 15.0 Å². The van der Waals surface area contributed by atoms with Crippen LogP contribution in [0.25, 0.3) is 21.7 Å². The van der Waals surface area contributed by atoms with Crippen molar-refractivity contribution in [3.05, 3.63) is 45.6 Å². The van der Waals surface area contributed by atoms with Gasteiger partial charge < -0.3 is 0 Å². The van der Waals surface area contributed by atoms with Gasteiger partial charge in [0.05, 0.1) is 11.2 Å². The molecule has 68 valence electrons. The number of rotatable bonds is 2. The van der Waals surface area contributed by atoms with Gasteiger partial charge in [0, 0.05) is 21.5 Å². The molecule has 0 aliphatic heterocycles. The maximum atomic E-state index is 8.22. The van der Waals surface area contributed by atoms with Gasteiger partial charge in [-0.3, -0.25) is 0 Å². The average molecular weight is 202 g/mol. The van der Waals surface area contributed by atoms with Gasteiger partial charge in [-0.1, -0.05) is 29.4 Å². The highest BCUT2D eigenvalue weighted by Crippen LogP contribution is 2.22. The van der Waals surface area contributed by atoms with Crippen molar-refractivity contribution in [3.63, 3.8) is 0 Å². The van der Waals surface area contributed by atoms with Crippen molar-refractivity contribution in [2.45, 2.75) is 0 Å². The normalized spacial score (nSPS) is 9.43. The number of benzene rings is 1. The summed E-state index contributed by atoms with van der Waals surface area (Å²) in [4.78, 5) is 6.89. The second kappa shape index (κ2) is 3.91. The quantitative estimate of drug-likeness (QED) is 0.415. The molecule has 0 unspecified atom stereocenters. The Morgan fingerprint density at radius 3 is 2.64 bits per heavy atom. The molecule has 0 saturated carbocycles. The Kier molecular flexibility index (Phi) is 2.44. The van der Waals surface area contributed by atoms with Crippen molar-refractivity contribution >= 4 is 17.0 Å². The molecule has 0 amide bonds. The maximum absolute atomic E-state index is 8.22. The summed E-state index contributed by atoms with van der Waals surface area (Å²) < 4.78 is 0. The van der Waals surface area contributed by atoms with E-state index in [-0.39, 0.29) is 0 Å². The van der Waals surface area contributed by atoms with Crippen LogP contribution in [0.2, 0.25) is 0 Å². The van der Waals surface area contributed by atoms with E-state index in [4.69, 9.17) is 5.53 Å². The van der Waals surface area contributed by atoms with Crippen molar-refractivity contribution in [1.29, 1.82) is 0 Å². The molecule has 2 rings (SSSR count). The van der Waals surface area contributed by atoms with Crippen LogP contribution < -0.4 is 0 Å². The average Bonchev–Trinajstić information content (AvgIpc) is 2.72. The third kappa shape index (κ3) is 1.74. The summed E-state index contributed by atoms with van der Waals surface area (Å²) in [6.45, 7) is 0.